The topological polar surface area (TPSA) is 41.4 Å². The normalized spacial score (nSPS) is 16.1. The van der Waals surface area contributed by atoms with Crippen LogP contribution in [0.5, 0.6) is 0 Å². The molecule has 5 nitrogen and oxygen atoms in total. The number of amides is 1. The first-order valence-corrected chi connectivity index (χ1v) is 8.14. The van der Waals surface area contributed by atoms with E-state index in [2.05, 4.69) is 41.1 Å². The number of carbonyl (C=O) groups excluding carboxylic acids is 1. The molecule has 0 atom stereocenters. The predicted octanol–water partition coefficient (Wildman–Crippen LogP) is 1.62. The average molecular weight is 312 g/mol. The van der Waals surface area contributed by atoms with E-state index in [0.717, 1.165) is 31.9 Å². The Kier molecular flexibility index (Phi) is 4.76. The Bertz CT molecular complexity index is 679. The summed E-state index contributed by atoms with van der Waals surface area (Å²) in [5.74, 6) is 1.29. The number of aromatic nitrogens is 2. The van der Waals surface area contributed by atoms with Gasteiger partial charge in [0.15, 0.2) is 0 Å². The molecule has 1 aliphatic heterocycles. The first-order chi connectivity index (χ1) is 11.1. The summed E-state index contributed by atoms with van der Waals surface area (Å²) in [7, 11) is 2.01. The Morgan fingerprint density at radius 1 is 1.26 bits per heavy atom. The van der Waals surface area contributed by atoms with E-state index in [0.29, 0.717) is 13.1 Å². The van der Waals surface area contributed by atoms with E-state index < -0.39 is 0 Å². The number of hydrogen-bond acceptors (Lipinski definition) is 3. The van der Waals surface area contributed by atoms with Crippen LogP contribution in [0.2, 0.25) is 0 Å². The van der Waals surface area contributed by atoms with Crippen LogP contribution in [-0.2, 0) is 24.8 Å². The number of imidazole rings is 1. The molecule has 23 heavy (non-hydrogen) atoms. The summed E-state index contributed by atoms with van der Waals surface area (Å²) in [5, 5.41) is 0. The van der Waals surface area contributed by atoms with Crippen LogP contribution in [0.3, 0.4) is 0 Å². The van der Waals surface area contributed by atoms with Gasteiger partial charge in [0.2, 0.25) is 5.91 Å². The van der Waals surface area contributed by atoms with E-state index in [-0.39, 0.29) is 5.91 Å². The zero-order chi connectivity index (χ0) is 16.2. The molecular weight excluding hydrogens is 288 g/mol. The molecule has 0 unspecified atom stereocenters. The van der Waals surface area contributed by atoms with Crippen LogP contribution in [0.1, 0.15) is 17.0 Å². The Balaban J connectivity index is 1.51. The molecule has 1 aromatic heterocycles. The Hall–Kier alpha value is -2.14. The smallest absolute Gasteiger partial charge is 0.237 e. The third kappa shape index (κ3) is 3.99. The van der Waals surface area contributed by atoms with Crippen molar-refractivity contribution >= 4 is 5.91 Å². The number of piperazine rings is 1. The standard InChI is InChI=1S/C18H24N4O/c1-15-4-3-5-16(12-15)13-22-11-10-21(14-18(22)23)8-6-17-19-7-9-20(17)2/h3-5,7,9,12H,6,8,10-11,13-14H2,1-2H3. The lowest BCUT2D eigenvalue weighted by Gasteiger charge is -2.34. The highest BCUT2D eigenvalue weighted by molar-refractivity contribution is 5.79. The summed E-state index contributed by atoms with van der Waals surface area (Å²) >= 11 is 0. The summed E-state index contributed by atoms with van der Waals surface area (Å²) in [6.45, 7) is 5.93. The van der Waals surface area contributed by atoms with Gasteiger partial charge in [-0.15, -0.1) is 0 Å². The molecular formula is C18H24N4O. The lowest BCUT2D eigenvalue weighted by atomic mass is 10.1. The molecule has 0 saturated carbocycles. The molecule has 1 aromatic carbocycles. The average Bonchev–Trinajstić information content (AvgIpc) is 2.93. The van der Waals surface area contributed by atoms with E-state index in [1.54, 1.807) is 0 Å². The Labute approximate surface area is 137 Å². The van der Waals surface area contributed by atoms with E-state index in [9.17, 15) is 4.79 Å². The van der Waals surface area contributed by atoms with Crippen LogP contribution in [0.4, 0.5) is 0 Å². The maximum absolute atomic E-state index is 12.4. The second-order valence-corrected chi connectivity index (χ2v) is 6.28. The Morgan fingerprint density at radius 2 is 2.13 bits per heavy atom. The largest absolute Gasteiger partial charge is 0.338 e. The number of rotatable bonds is 5. The van der Waals surface area contributed by atoms with Gasteiger partial charge in [0.1, 0.15) is 5.82 Å². The monoisotopic (exact) mass is 312 g/mol. The van der Waals surface area contributed by atoms with Gasteiger partial charge in [0.25, 0.3) is 0 Å². The van der Waals surface area contributed by atoms with Crippen LogP contribution in [0, 0.1) is 6.92 Å². The van der Waals surface area contributed by atoms with Crippen molar-refractivity contribution in [1.82, 2.24) is 19.4 Å². The van der Waals surface area contributed by atoms with E-state index in [1.165, 1.54) is 11.1 Å². The van der Waals surface area contributed by atoms with Gasteiger partial charge in [-0.05, 0) is 12.5 Å². The first-order valence-electron chi connectivity index (χ1n) is 8.14. The molecule has 122 valence electrons. The van der Waals surface area contributed by atoms with Crippen molar-refractivity contribution in [2.75, 3.05) is 26.2 Å². The second-order valence-electron chi connectivity index (χ2n) is 6.28. The predicted molar refractivity (Wildman–Crippen MR) is 89.9 cm³/mol. The van der Waals surface area contributed by atoms with Crippen LogP contribution >= 0.6 is 0 Å². The minimum absolute atomic E-state index is 0.220. The third-order valence-electron chi connectivity index (χ3n) is 4.43. The summed E-state index contributed by atoms with van der Waals surface area (Å²) < 4.78 is 2.04. The highest BCUT2D eigenvalue weighted by atomic mass is 16.2. The highest BCUT2D eigenvalue weighted by Gasteiger charge is 2.23. The van der Waals surface area contributed by atoms with Crippen molar-refractivity contribution in [3.63, 3.8) is 0 Å². The Morgan fingerprint density at radius 3 is 2.83 bits per heavy atom. The number of aryl methyl sites for hydroxylation is 2. The second kappa shape index (κ2) is 6.96. The summed E-state index contributed by atoms with van der Waals surface area (Å²) in [5.41, 5.74) is 2.45. The van der Waals surface area contributed by atoms with Gasteiger partial charge in [-0.1, -0.05) is 29.8 Å². The van der Waals surface area contributed by atoms with Crippen molar-refractivity contribution in [3.8, 4) is 0 Å². The van der Waals surface area contributed by atoms with Crippen molar-refractivity contribution in [2.45, 2.75) is 19.9 Å². The van der Waals surface area contributed by atoms with Crippen molar-refractivity contribution in [1.29, 1.82) is 0 Å². The van der Waals surface area contributed by atoms with Gasteiger partial charge in [0.05, 0.1) is 6.54 Å². The maximum Gasteiger partial charge on any atom is 0.237 e. The summed E-state index contributed by atoms with van der Waals surface area (Å²) in [4.78, 5) is 20.9. The van der Waals surface area contributed by atoms with Gasteiger partial charge in [0, 0.05) is 52.0 Å². The molecule has 0 N–H and O–H groups in total. The van der Waals surface area contributed by atoms with Crippen LogP contribution in [0.25, 0.3) is 0 Å². The molecule has 2 heterocycles. The fraction of sp³-hybridized carbons (Fsp3) is 0.444. The molecule has 3 rings (SSSR count). The number of nitrogens with zero attached hydrogens (tertiary/aromatic N) is 4. The van der Waals surface area contributed by atoms with Crippen molar-refractivity contribution in [2.24, 2.45) is 7.05 Å². The number of hydrogen-bond donors (Lipinski definition) is 0. The molecule has 0 aliphatic carbocycles. The first kappa shape index (κ1) is 15.7. The molecule has 5 heteroatoms. The molecule has 0 bridgehead atoms. The molecule has 2 aromatic rings. The SMILES string of the molecule is Cc1cccc(CN2CCN(CCc3nccn3C)CC2=O)c1. The zero-order valence-corrected chi connectivity index (χ0v) is 13.9. The molecule has 1 aliphatic rings. The molecule has 0 radical (unpaired) electrons. The lowest BCUT2D eigenvalue weighted by molar-refractivity contribution is -0.136. The number of carbonyl (C=O) groups is 1. The van der Waals surface area contributed by atoms with Gasteiger partial charge < -0.3 is 9.47 Å². The van der Waals surface area contributed by atoms with E-state index in [4.69, 9.17) is 0 Å². The highest BCUT2D eigenvalue weighted by Crippen LogP contribution is 2.11. The van der Waals surface area contributed by atoms with E-state index in [1.807, 2.05) is 28.9 Å². The molecule has 1 amide bonds. The minimum atomic E-state index is 0.220. The van der Waals surface area contributed by atoms with Crippen molar-refractivity contribution in [3.05, 3.63) is 53.6 Å². The third-order valence-corrected chi connectivity index (χ3v) is 4.43. The van der Waals surface area contributed by atoms with Gasteiger partial charge in [-0.25, -0.2) is 4.98 Å². The quantitative estimate of drug-likeness (QED) is 0.842. The van der Waals surface area contributed by atoms with Crippen LogP contribution < -0.4 is 0 Å². The van der Waals surface area contributed by atoms with Gasteiger partial charge >= 0.3 is 0 Å². The van der Waals surface area contributed by atoms with Crippen LogP contribution in [-0.4, -0.2) is 51.4 Å². The number of benzene rings is 1. The zero-order valence-electron chi connectivity index (χ0n) is 13.9. The maximum atomic E-state index is 12.4. The lowest BCUT2D eigenvalue weighted by Crippen LogP contribution is -2.50. The summed E-state index contributed by atoms with van der Waals surface area (Å²) in [6, 6.07) is 8.38. The molecule has 1 fully saturated rings. The summed E-state index contributed by atoms with van der Waals surface area (Å²) in [6.07, 6.45) is 4.66. The van der Waals surface area contributed by atoms with E-state index >= 15 is 0 Å². The van der Waals surface area contributed by atoms with Gasteiger partial charge in [-0.2, -0.15) is 0 Å². The molecule has 0 spiro atoms. The van der Waals surface area contributed by atoms with Crippen molar-refractivity contribution < 1.29 is 4.79 Å². The molecule has 1 saturated heterocycles. The minimum Gasteiger partial charge on any atom is -0.338 e. The fourth-order valence-corrected chi connectivity index (χ4v) is 3.04. The van der Waals surface area contributed by atoms with Crippen LogP contribution in [0.15, 0.2) is 36.7 Å². The fourth-order valence-electron chi connectivity index (χ4n) is 3.04. The van der Waals surface area contributed by atoms with Gasteiger partial charge in [-0.3, -0.25) is 9.69 Å².